The van der Waals surface area contributed by atoms with E-state index in [9.17, 15) is 4.79 Å². The molecule has 0 spiro atoms. The van der Waals surface area contributed by atoms with Crippen LogP contribution in [0.5, 0.6) is 0 Å². The molecule has 0 aliphatic rings. The van der Waals surface area contributed by atoms with Gasteiger partial charge in [0.1, 0.15) is 10.8 Å². The smallest absolute Gasteiger partial charge is 0.268 e. The molecule has 0 fully saturated rings. The first-order chi connectivity index (χ1) is 6.88. The Bertz CT molecular complexity index is 345. The maximum Gasteiger partial charge on any atom is 0.295 e. The van der Waals surface area contributed by atoms with Crippen LogP contribution in [0.3, 0.4) is 0 Å². The highest BCUT2D eigenvalue weighted by atomic mass is 35.5. The van der Waals surface area contributed by atoms with Crippen molar-refractivity contribution in [3.05, 3.63) is 23.2 Å². The molecule has 1 amide bonds. The third-order valence-corrected chi connectivity index (χ3v) is 1.50. The minimum absolute atomic E-state index is 0.156. The van der Waals surface area contributed by atoms with Crippen LogP contribution in [0.25, 0.3) is 0 Å². The fraction of sp³-hybridized carbons (Fsp3) is 0.444. The molecule has 0 bridgehead atoms. The Morgan fingerprint density at radius 1 is 1.40 bits per heavy atom. The molecule has 0 atom stereocenters. The van der Waals surface area contributed by atoms with Gasteiger partial charge in [-0.15, -0.1) is 0 Å². The van der Waals surface area contributed by atoms with E-state index < -0.39 is 11.5 Å². The second-order valence-electron chi connectivity index (χ2n) is 3.87. The van der Waals surface area contributed by atoms with Crippen molar-refractivity contribution in [3.63, 3.8) is 0 Å². The summed E-state index contributed by atoms with van der Waals surface area (Å²) in [5.74, 6) is -0.450. The molecule has 6 heteroatoms. The number of carbonyl (C=O) groups is 1. The van der Waals surface area contributed by atoms with E-state index in [0.717, 1.165) is 0 Å². The van der Waals surface area contributed by atoms with Crippen LogP contribution in [0.15, 0.2) is 12.4 Å². The van der Waals surface area contributed by atoms with Gasteiger partial charge in [-0.05, 0) is 20.8 Å². The summed E-state index contributed by atoms with van der Waals surface area (Å²) in [4.78, 5) is 24.0. The molecule has 15 heavy (non-hydrogen) atoms. The molecule has 0 aliphatic carbocycles. The zero-order valence-corrected chi connectivity index (χ0v) is 9.50. The van der Waals surface area contributed by atoms with E-state index in [1.165, 1.54) is 12.4 Å². The summed E-state index contributed by atoms with van der Waals surface area (Å²) in [5.41, 5.74) is 1.98. The third-order valence-electron chi connectivity index (χ3n) is 1.30. The molecule has 1 N–H and O–H groups in total. The molecule has 1 rings (SSSR count). The molecule has 0 aliphatic heterocycles. The first kappa shape index (κ1) is 11.9. The lowest BCUT2D eigenvalue weighted by Crippen LogP contribution is -2.34. The van der Waals surface area contributed by atoms with Crippen molar-refractivity contribution in [2.45, 2.75) is 26.4 Å². The van der Waals surface area contributed by atoms with Gasteiger partial charge in [0.2, 0.25) is 0 Å². The Balaban J connectivity index is 2.58. The molecular formula is C9H12ClN3O2. The molecule has 0 radical (unpaired) electrons. The summed E-state index contributed by atoms with van der Waals surface area (Å²) in [6, 6.07) is 0. The molecule has 0 aromatic carbocycles. The highest BCUT2D eigenvalue weighted by molar-refractivity contribution is 6.29. The van der Waals surface area contributed by atoms with Gasteiger partial charge in [0.05, 0.1) is 18.0 Å². The number of hydrogen-bond donors (Lipinski definition) is 1. The Morgan fingerprint density at radius 2 is 2.07 bits per heavy atom. The van der Waals surface area contributed by atoms with Gasteiger partial charge in [-0.25, -0.2) is 15.4 Å². The number of carbonyl (C=O) groups excluding carboxylic acids is 1. The number of amides is 1. The largest absolute Gasteiger partial charge is 0.295 e. The van der Waals surface area contributed by atoms with E-state index in [-0.39, 0.29) is 10.8 Å². The molecule has 0 saturated carbocycles. The normalized spacial score (nSPS) is 11.2. The topological polar surface area (TPSA) is 64.1 Å². The molecular weight excluding hydrogens is 218 g/mol. The Kier molecular flexibility index (Phi) is 3.60. The Morgan fingerprint density at radius 3 is 2.53 bits per heavy atom. The number of hydroxylamine groups is 1. The lowest BCUT2D eigenvalue weighted by molar-refractivity contribution is -0.0591. The first-order valence-corrected chi connectivity index (χ1v) is 4.72. The van der Waals surface area contributed by atoms with Crippen molar-refractivity contribution in [3.8, 4) is 0 Å². The van der Waals surface area contributed by atoms with Gasteiger partial charge in [-0.1, -0.05) is 11.6 Å². The van der Waals surface area contributed by atoms with Gasteiger partial charge in [-0.2, -0.15) is 0 Å². The quantitative estimate of drug-likeness (QED) is 0.783. The van der Waals surface area contributed by atoms with E-state index in [2.05, 4.69) is 15.4 Å². The number of nitrogens with one attached hydrogen (secondary N) is 1. The lowest BCUT2D eigenvalue weighted by Gasteiger charge is -2.18. The maximum atomic E-state index is 11.4. The summed E-state index contributed by atoms with van der Waals surface area (Å²) < 4.78 is 0. The van der Waals surface area contributed by atoms with Crippen LogP contribution in [0.4, 0.5) is 0 Å². The van der Waals surface area contributed by atoms with Gasteiger partial charge < -0.3 is 0 Å². The van der Waals surface area contributed by atoms with Crippen molar-refractivity contribution >= 4 is 17.5 Å². The van der Waals surface area contributed by atoms with Crippen LogP contribution < -0.4 is 5.48 Å². The number of nitrogens with zero attached hydrogens (tertiary/aromatic N) is 2. The van der Waals surface area contributed by atoms with Crippen LogP contribution in [0.1, 0.15) is 31.3 Å². The van der Waals surface area contributed by atoms with Gasteiger partial charge in [0.15, 0.2) is 0 Å². The zero-order chi connectivity index (χ0) is 11.5. The molecule has 1 aromatic rings. The number of aromatic nitrogens is 2. The summed E-state index contributed by atoms with van der Waals surface area (Å²) in [6.07, 6.45) is 2.58. The molecule has 0 saturated heterocycles. The van der Waals surface area contributed by atoms with E-state index in [4.69, 9.17) is 16.4 Å². The monoisotopic (exact) mass is 229 g/mol. The Labute approximate surface area is 92.8 Å². The Hall–Kier alpha value is -1.20. The van der Waals surface area contributed by atoms with Crippen molar-refractivity contribution in [2.75, 3.05) is 0 Å². The van der Waals surface area contributed by atoms with Crippen LogP contribution in [-0.4, -0.2) is 21.5 Å². The highest BCUT2D eigenvalue weighted by Crippen LogP contribution is 2.05. The van der Waals surface area contributed by atoms with Crippen LogP contribution in [0, 0.1) is 0 Å². The van der Waals surface area contributed by atoms with Crippen molar-refractivity contribution < 1.29 is 9.63 Å². The molecule has 1 aromatic heterocycles. The van der Waals surface area contributed by atoms with E-state index >= 15 is 0 Å². The maximum absolute atomic E-state index is 11.4. The zero-order valence-electron chi connectivity index (χ0n) is 8.74. The summed E-state index contributed by atoms with van der Waals surface area (Å²) in [7, 11) is 0. The summed E-state index contributed by atoms with van der Waals surface area (Å²) in [6.45, 7) is 5.46. The minimum Gasteiger partial charge on any atom is -0.268 e. The molecule has 1 heterocycles. The fourth-order valence-electron chi connectivity index (χ4n) is 0.681. The SMILES string of the molecule is CC(C)(C)ONC(=O)c1cnc(Cl)cn1. The van der Waals surface area contributed by atoms with Gasteiger partial charge >= 0.3 is 0 Å². The molecule has 0 unspecified atom stereocenters. The lowest BCUT2D eigenvalue weighted by atomic mass is 10.2. The van der Waals surface area contributed by atoms with Crippen LogP contribution >= 0.6 is 11.6 Å². The number of rotatable bonds is 2. The molecule has 5 nitrogen and oxygen atoms in total. The average Bonchev–Trinajstić information content (AvgIpc) is 2.14. The second-order valence-corrected chi connectivity index (χ2v) is 4.26. The van der Waals surface area contributed by atoms with Gasteiger partial charge in [0.25, 0.3) is 5.91 Å². The predicted molar refractivity (Wildman–Crippen MR) is 55.3 cm³/mol. The first-order valence-electron chi connectivity index (χ1n) is 4.34. The molecule has 82 valence electrons. The van der Waals surface area contributed by atoms with Crippen molar-refractivity contribution in [1.29, 1.82) is 0 Å². The standard InChI is InChI=1S/C9H12ClN3O2/c1-9(2,3)15-13-8(14)6-4-12-7(10)5-11-6/h4-5H,1-3H3,(H,13,14). The summed E-state index contributed by atoms with van der Waals surface area (Å²) >= 11 is 5.53. The van der Waals surface area contributed by atoms with Crippen molar-refractivity contribution in [2.24, 2.45) is 0 Å². The number of hydrogen-bond acceptors (Lipinski definition) is 4. The van der Waals surface area contributed by atoms with E-state index in [1.807, 2.05) is 20.8 Å². The highest BCUT2D eigenvalue weighted by Gasteiger charge is 2.14. The average molecular weight is 230 g/mol. The second kappa shape index (κ2) is 4.55. The third kappa shape index (κ3) is 4.22. The van der Waals surface area contributed by atoms with Crippen molar-refractivity contribution in [1.82, 2.24) is 15.4 Å². The fourth-order valence-corrected chi connectivity index (χ4v) is 0.779. The summed E-state index contributed by atoms with van der Waals surface area (Å²) in [5, 5.41) is 0.239. The van der Waals surface area contributed by atoms with Gasteiger partial charge in [0, 0.05) is 0 Å². The van der Waals surface area contributed by atoms with Gasteiger partial charge in [-0.3, -0.25) is 9.63 Å². The minimum atomic E-state index is -0.450. The number of halogens is 1. The van der Waals surface area contributed by atoms with E-state index in [1.54, 1.807) is 0 Å². The van der Waals surface area contributed by atoms with Crippen LogP contribution in [-0.2, 0) is 4.84 Å². The predicted octanol–water partition coefficient (Wildman–Crippen LogP) is 1.59. The van der Waals surface area contributed by atoms with E-state index in [0.29, 0.717) is 0 Å². The van der Waals surface area contributed by atoms with Crippen LogP contribution in [0.2, 0.25) is 5.15 Å².